The summed E-state index contributed by atoms with van der Waals surface area (Å²) in [4.78, 5) is 10.9. The number of carbonyl (C=O) groups is 1. The maximum Gasteiger partial charge on any atom is 0.307 e. The number of benzene rings is 1. The highest BCUT2D eigenvalue weighted by atomic mass is 16.4. The molecule has 0 saturated carbocycles. The Morgan fingerprint density at radius 1 is 1.21 bits per heavy atom. The van der Waals surface area contributed by atoms with Crippen molar-refractivity contribution >= 4 is 5.97 Å². The van der Waals surface area contributed by atoms with Crippen LogP contribution in [0.25, 0.3) is 0 Å². The van der Waals surface area contributed by atoms with Gasteiger partial charge in [-0.3, -0.25) is 4.79 Å². The summed E-state index contributed by atoms with van der Waals surface area (Å²) < 4.78 is 1.94. The van der Waals surface area contributed by atoms with Crippen LogP contribution in [0.3, 0.4) is 0 Å². The lowest BCUT2D eigenvalue weighted by atomic mass is 10.0. The molecule has 1 aromatic carbocycles. The fourth-order valence-corrected chi connectivity index (χ4v) is 2.18. The molecule has 1 atom stereocenters. The van der Waals surface area contributed by atoms with Crippen molar-refractivity contribution in [1.82, 2.24) is 4.57 Å². The van der Waals surface area contributed by atoms with Gasteiger partial charge in [0.25, 0.3) is 0 Å². The van der Waals surface area contributed by atoms with Crippen molar-refractivity contribution in [3.8, 4) is 0 Å². The maximum atomic E-state index is 10.9. The van der Waals surface area contributed by atoms with Crippen molar-refractivity contribution in [2.24, 2.45) is 0 Å². The van der Waals surface area contributed by atoms with Crippen LogP contribution in [-0.4, -0.2) is 20.7 Å². The zero-order chi connectivity index (χ0) is 13.8. The summed E-state index contributed by atoms with van der Waals surface area (Å²) >= 11 is 0. The molecule has 4 heteroatoms. The highest BCUT2D eigenvalue weighted by Gasteiger charge is 2.10. The van der Waals surface area contributed by atoms with E-state index in [1.807, 2.05) is 47.2 Å². The second-order valence-corrected chi connectivity index (χ2v) is 4.58. The normalized spacial score (nSPS) is 12.3. The van der Waals surface area contributed by atoms with Crippen molar-refractivity contribution < 1.29 is 15.0 Å². The number of aliphatic hydroxyl groups excluding tert-OH is 1. The molecule has 0 fully saturated rings. The Bertz CT molecular complexity index is 572. The zero-order valence-corrected chi connectivity index (χ0v) is 10.8. The molecule has 2 rings (SSSR count). The van der Waals surface area contributed by atoms with Crippen LogP contribution in [0.5, 0.6) is 0 Å². The van der Waals surface area contributed by atoms with E-state index in [4.69, 9.17) is 5.11 Å². The average molecular weight is 259 g/mol. The highest BCUT2D eigenvalue weighted by Crippen LogP contribution is 2.17. The molecule has 1 aromatic heterocycles. The maximum absolute atomic E-state index is 10.9. The second-order valence-electron chi connectivity index (χ2n) is 4.58. The number of hydrogen-bond donors (Lipinski definition) is 2. The number of aromatic nitrogens is 1. The summed E-state index contributed by atoms with van der Waals surface area (Å²) in [7, 11) is 0. The van der Waals surface area contributed by atoms with Gasteiger partial charge in [0, 0.05) is 18.4 Å². The van der Waals surface area contributed by atoms with Gasteiger partial charge in [0.1, 0.15) is 0 Å². The predicted molar refractivity (Wildman–Crippen MR) is 71.9 cm³/mol. The Balaban J connectivity index is 2.28. The summed E-state index contributed by atoms with van der Waals surface area (Å²) in [6.45, 7) is 2.28. The lowest BCUT2D eigenvalue weighted by Crippen LogP contribution is -2.09. The minimum atomic E-state index is -0.837. The first-order valence-corrected chi connectivity index (χ1v) is 6.19. The molecule has 19 heavy (non-hydrogen) atoms. The molecule has 2 aromatic rings. The standard InChI is InChI=1S/C15H17NO3/c1-11(17)14-7-4-8-16(14)10-13-6-3-2-5-12(13)9-15(18)19/h2-8,11,17H,9-10H2,1H3,(H,18,19). The summed E-state index contributed by atoms with van der Waals surface area (Å²) in [5.74, 6) is -0.837. The molecule has 0 aliphatic heterocycles. The Morgan fingerprint density at radius 2 is 1.89 bits per heavy atom. The smallest absolute Gasteiger partial charge is 0.307 e. The summed E-state index contributed by atoms with van der Waals surface area (Å²) in [5, 5.41) is 18.6. The first-order chi connectivity index (χ1) is 9.08. The van der Waals surface area contributed by atoms with Gasteiger partial charge in [0.2, 0.25) is 0 Å². The molecule has 0 aliphatic carbocycles. The summed E-state index contributed by atoms with van der Waals surface area (Å²) in [6.07, 6.45) is 1.36. The highest BCUT2D eigenvalue weighted by molar-refractivity contribution is 5.70. The lowest BCUT2D eigenvalue weighted by molar-refractivity contribution is -0.136. The molecular weight excluding hydrogens is 242 g/mol. The van der Waals surface area contributed by atoms with Gasteiger partial charge in [-0.2, -0.15) is 0 Å². The van der Waals surface area contributed by atoms with Gasteiger partial charge in [-0.25, -0.2) is 0 Å². The third-order valence-corrected chi connectivity index (χ3v) is 3.09. The Kier molecular flexibility index (Phi) is 4.02. The number of aliphatic hydroxyl groups is 1. The van der Waals surface area contributed by atoms with Gasteiger partial charge in [0.05, 0.1) is 12.5 Å². The molecule has 0 bridgehead atoms. The van der Waals surface area contributed by atoms with E-state index < -0.39 is 12.1 Å². The Morgan fingerprint density at radius 3 is 2.53 bits per heavy atom. The van der Waals surface area contributed by atoms with Crippen LogP contribution >= 0.6 is 0 Å². The molecule has 1 heterocycles. The number of hydrogen-bond acceptors (Lipinski definition) is 2. The fourth-order valence-electron chi connectivity index (χ4n) is 2.18. The predicted octanol–water partition coefficient (Wildman–Crippen LogP) is 2.22. The minimum absolute atomic E-state index is 0.0153. The molecular formula is C15H17NO3. The Labute approximate surface area is 111 Å². The van der Waals surface area contributed by atoms with E-state index in [0.717, 1.165) is 16.8 Å². The van der Waals surface area contributed by atoms with Gasteiger partial charge >= 0.3 is 5.97 Å². The molecule has 4 nitrogen and oxygen atoms in total. The van der Waals surface area contributed by atoms with Gasteiger partial charge in [-0.1, -0.05) is 24.3 Å². The molecule has 0 amide bonds. The quantitative estimate of drug-likeness (QED) is 0.865. The second kappa shape index (κ2) is 5.71. The fraction of sp³-hybridized carbons (Fsp3) is 0.267. The van der Waals surface area contributed by atoms with Crippen molar-refractivity contribution in [3.63, 3.8) is 0 Å². The molecule has 2 N–H and O–H groups in total. The van der Waals surface area contributed by atoms with Crippen LogP contribution in [0.15, 0.2) is 42.6 Å². The van der Waals surface area contributed by atoms with E-state index in [1.54, 1.807) is 6.92 Å². The lowest BCUT2D eigenvalue weighted by Gasteiger charge is -2.13. The summed E-state index contributed by atoms with van der Waals surface area (Å²) in [6, 6.07) is 11.2. The minimum Gasteiger partial charge on any atom is -0.481 e. The van der Waals surface area contributed by atoms with Gasteiger partial charge in [0.15, 0.2) is 0 Å². The molecule has 0 spiro atoms. The van der Waals surface area contributed by atoms with Crippen molar-refractivity contribution in [2.45, 2.75) is 26.0 Å². The van der Waals surface area contributed by atoms with Gasteiger partial charge < -0.3 is 14.8 Å². The molecule has 1 unspecified atom stereocenters. The van der Waals surface area contributed by atoms with Gasteiger partial charge in [-0.15, -0.1) is 0 Å². The largest absolute Gasteiger partial charge is 0.481 e. The molecule has 0 radical (unpaired) electrons. The molecule has 0 aliphatic rings. The number of aliphatic carboxylic acids is 1. The monoisotopic (exact) mass is 259 g/mol. The van der Waals surface area contributed by atoms with E-state index in [9.17, 15) is 9.90 Å². The summed E-state index contributed by atoms with van der Waals surface area (Å²) in [5.41, 5.74) is 2.59. The van der Waals surface area contributed by atoms with Crippen LogP contribution in [0, 0.1) is 0 Å². The third-order valence-electron chi connectivity index (χ3n) is 3.09. The number of rotatable bonds is 5. The SMILES string of the molecule is CC(O)c1cccn1Cc1ccccc1CC(=O)O. The van der Waals surface area contributed by atoms with Crippen molar-refractivity contribution in [3.05, 3.63) is 59.4 Å². The van der Waals surface area contributed by atoms with E-state index in [-0.39, 0.29) is 6.42 Å². The van der Waals surface area contributed by atoms with E-state index in [0.29, 0.717) is 6.54 Å². The average Bonchev–Trinajstić information content (AvgIpc) is 2.79. The third kappa shape index (κ3) is 3.23. The molecule has 100 valence electrons. The zero-order valence-electron chi connectivity index (χ0n) is 10.8. The van der Waals surface area contributed by atoms with E-state index in [1.165, 1.54) is 0 Å². The first kappa shape index (κ1) is 13.4. The number of carboxylic acids is 1. The van der Waals surface area contributed by atoms with Crippen molar-refractivity contribution in [1.29, 1.82) is 0 Å². The van der Waals surface area contributed by atoms with Gasteiger partial charge in [-0.05, 0) is 30.2 Å². The van der Waals surface area contributed by atoms with Crippen LogP contribution in [0.4, 0.5) is 0 Å². The topological polar surface area (TPSA) is 62.5 Å². The van der Waals surface area contributed by atoms with Crippen LogP contribution < -0.4 is 0 Å². The van der Waals surface area contributed by atoms with E-state index >= 15 is 0 Å². The van der Waals surface area contributed by atoms with Crippen LogP contribution in [0.2, 0.25) is 0 Å². The number of carboxylic acid groups (broad SMARTS) is 1. The molecule has 0 saturated heterocycles. The van der Waals surface area contributed by atoms with Crippen LogP contribution in [0.1, 0.15) is 29.8 Å². The first-order valence-electron chi connectivity index (χ1n) is 6.19. The number of nitrogens with zero attached hydrogens (tertiary/aromatic N) is 1. The van der Waals surface area contributed by atoms with E-state index in [2.05, 4.69) is 0 Å². The van der Waals surface area contributed by atoms with Crippen LogP contribution in [-0.2, 0) is 17.8 Å². The Hall–Kier alpha value is -2.07. The van der Waals surface area contributed by atoms with Crippen molar-refractivity contribution in [2.75, 3.05) is 0 Å².